The summed E-state index contributed by atoms with van der Waals surface area (Å²) in [6, 6.07) is 19.9. The first kappa shape index (κ1) is 30.9. The summed E-state index contributed by atoms with van der Waals surface area (Å²) in [5.41, 5.74) is 1.27. The van der Waals surface area contributed by atoms with Gasteiger partial charge in [0.2, 0.25) is 0 Å². The second-order valence-corrected chi connectivity index (χ2v) is 13.5. The Bertz CT molecular complexity index is 1200. The molecule has 3 saturated carbocycles. The lowest BCUT2D eigenvalue weighted by Gasteiger charge is -2.60. The summed E-state index contributed by atoms with van der Waals surface area (Å²) >= 11 is 0. The van der Waals surface area contributed by atoms with Gasteiger partial charge >= 0.3 is 5.97 Å². The van der Waals surface area contributed by atoms with Gasteiger partial charge in [-0.15, -0.1) is 0 Å². The lowest BCUT2D eigenvalue weighted by atomic mass is 9.46. The first-order chi connectivity index (χ1) is 20.2. The summed E-state index contributed by atoms with van der Waals surface area (Å²) in [6.07, 6.45) is 5.34. The van der Waals surface area contributed by atoms with Crippen molar-refractivity contribution < 1.29 is 28.5 Å². The Balaban J connectivity index is 1.37. The highest BCUT2D eigenvalue weighted by molar-refractivity contribution is 5.85. The number of ether oxygens (including phenoxy) is 4. The van der Waals surface area contributed by atoms with E-state index >= 15 is 0 Å². The van der Waals surface area contributed by atoms with Crippen LogP contribution in [-0.2, 0) is 41.8 Å². The fourth-order valence-electron chi connectivity index (χ4n) is 8.69. The highest BCUT2D eigenvalue weighted by atomic mass is 16.7. The molecule has 6 heteroatoms. The highest BCUT2D eigenvalue weighted by Crippen LogP contribution is 2.67. The molecule has 6 nitrogen and oxygen atoms in total. The molecule has 0 N–H and O–H groups in total. The van der Waals surface area contributed by atoms with Crippen LogP contribution in [0.1, 0.15) is 83.8 Å². The van der Waals surface area contributed by atoms with Gasteiger partial charge in [-0.1, -0.05) is 94.8 Å². The lowest BCUT2D eigenvalue weighted by molar-refractivity contribution is -0.225. The number of ketones is 1. The molecule has 0 saturated heterocycles. The zero-order valence-electron chi connectivity index (χ0n) is 25.8. The molecule has 2 aromatic carbocycles. The maximum Gasteiger partial charge on any atom is 0.332 e. The summed E-state index contributed by atoms with van der Waals surface area (Å²) in [5, 5.41) is 0. The second-order valence-electron chi connectivity index (χ2n) is 13.5. The average molecular weight is 577 g/mol. The maximum atomic E-state index is 13.7. The van der Waals surface area contributed by atoms with E-state index in [4.69, 9.17) is 18.9 Å². The molecule has 0 amide bonds. The third-order valence-electron chi connectivity index (χ3n) is 11.0. The fraction of sp³-hybridized carbons (Fsp3) is 0.611. The molecular weight excluding hydrogens is 528 g/mol. The summed E-state index contributed by atoms with van der Waals surface area (Å²) in [6.45, 7) is 9.89. The van der Waals surface area contributed by atoms with Gasteiger partial charge in [-0.25, -0.2) is 4.79 Å². The van der Waals surface area contributed by atoms with E-state index in [0.29, 0.717) is 31.8 Å². The van der Waals surface area contributed by atoms with Crippen LogP contribution in [0.5, 0.6) is 0 Å². The summed E-state index contributed by atoms with van der Waals surface area (Å²) in [4.78, 5) is 27.0. The van der Waals surface area contributed by atoms with Crippen LogP contribution in [0.3, 0.4) is 0 Å². The third-order valence-corrected chi connectivity index (χ3v) is 11.0. The number of esters is 1. The molecule has 2 aromatic rings. The van der Waals surface area contributed by atoms with E-state index in [1.807, 2.05) is 60.7 Å². The number of Topliss-reactive ketones (excluding diaryl/α,β-unsaturated/α-hetero) is 1. The Labute approximate surface area is 251 Å². The molecule has 5 rings (SSSR count). The van der Waals surface area contributed by atoms with Crippen LogP contribution in [0.4, 0.5) is 0 Å². The van der Waals surface area contributed by atoms with E-state index in [0.717, 1.165) is 43.2 Å². The quantitative estimate of drug-likeness (QED) is 0.159. The monoisotopic (exact) mass is 576 g/mol. The van der Waals surface area contributed by atoms with Crippen LogP contribution in [0.15, 0.2) is 60.7 Å². The minimum atomic E-state index is -0.416. The smallest absolute Gasteiger partial charge is 0.332 e. The number of hydrogen-bond acceptors (Lipinski definition) is 6. The molecule has 1 unspecified atom stereocenters. The molecule has 0 spiro atoms. The van der Waals surface area contributed by atoms with Crippen molar-refractivity contribution in [1.29, 1.82) is 0 Å². The normalized spacial score (nSPS) is 34.3. The molecule has 228 valence electrons. The van der Waals surface area contributed by atoms with Crippen molar-refractivity contribution in [2.45, 2.75) is 98.1 Å². The van der Waals surface area contributed by atoms with Crippen LogP contribution >= 0.6 is 0 Å². The lowest BCUT2D eigenvalue weighted by Crippen LogP contribution is -2.61. The molecular formula is C36H48O6. The Morgan fingerprint density at radius 1 is 0.905 bits per heavy atom. The number of rotatable bonds is 11. The predicted octanol–water partition coefficient (Wildman–Crippen LogP) is 7.29. The van der Waals surface area contributed by atoms with E-state index in [1.165, 1.54) is 0 Å². The van der Waals surface area contributed by atoms with Gasteiger partial charge < -0.3 is 18.9 Å². The fourth-order valence-corrected chi connectivity index (χ4v) is 8.69. The Morgan fingerprint density at radius 3 is 2.19 bits per heavy atom. The standard InChI is InChI=1S/C36H48O6/c1-5-34(3)21-30(42-31(38)24-39-22-27-13-8-6-9-14-27)35(4)18-12-19-36(20-17-29(37)32(35)36)26(2)33(34)41-25-40-23-28-15-10-7-11-16-28/h6-11,13-16,26,30,32-33H,5,12,17-25H2,1-4H3/t26-,30-,32?,33+,34-,35+,36+/m1/s1. The topological polar surface area (TPSA) is 71.1 Å². The largest absolute Gasteiger partial charge is 0.460 e. The van der Waals surface area contributed by atoms with E-state index in [2.05, 4.69) is 27.7 Å². The van der Waals surface area contributed by atoms with Crippen LogP contribution in [0, 0.1) is 28.1 Å². The highest BCUT2D eigenvalue weighted by Gasteiger charge is 2.67. The van der Waals surface area contributed by atoms with Gasteiger partial charge in [0, 0.05) is 17.8 Å². The van der Waals surface area contributed by atoms with Crippen LogP contribution in [0.2, 0.25) is 0 Å². The maximum absolute atomic E-state index is 13.7. The Hall–Kier alpha value is -2.54. The zero-order chi connectivity index (χ0) is 29.8. The van der Waals surface area contributed by atoms with Crippen molar-refractivity contribution in [3.8, 4) is 0 Å². The van der Waals surface area contributed by atoms with Crippen LogP contribution in [0.25, 0.3) is 0 Å². The third kappa shape index (κ3) is 6.09. The van der Waals surface area contributed by atoms with Gasteiger partial charge in [0.05, 0.1) is 19.3 Å². The van der Waals surface area contributed by atoms with Gasteiger partial charge in [0.15, 0.2) is 0 Å². The van der Waals surface area contributed by atoms with Crippen molar-refractivity contribution in [3.05, 3.63) is 71.8 Å². The van der Waals surface area contributed by atoms with Crippen molar-refractivity contribution in [2.75, 3.05) is 13.4 Å². The Morgan fingerprint density at radius 2 is 1.55 bits per heavy atom. The predicted molar refractivity (Wildman–Crippen MR) is 161 cm³/mol. The van der Waals surface area contributed by atoms with Crippen molar-refractivity contribution >= 4 is 11.8 Å². The molecule has 3 aliphatic carbocycles. The number of carbonyl (C=O) groups excluding carboxylic acids is 2. The first-order valence-corrected chi connectivity index (χ1v) is 15.8. The molecule has 3 aliphatic rings. The van der Waals surface area contributed by atoms with Gasteiger partial charge in [-0.2, -0.15) is 0 Å². The van der Waals surface area contributed by atoms with Crippen molar-refractivity contribution in [3.63, 3.8) is 0 Å². The van der Waals surface area contributed by atoms with E-state index < -0.39 is 11.5 Å². The zero-order valence-corrected chi connectivity index (χ0v) is 25.8. The Kier molecular flexibility index (Phi) is 9.56. The van der Waals surface area contributed by atoms with Gasteiger partial charge in [0.1, 0.15) is 25.3 Å². The van der Waals surface area contributed by atoms with Gasteiger partial charge in [-0.05, 0) is 60.0 Å². The molecule has 2 bridgehead atoms. The van der Waals surface area contributed by atoms with Crippen molar-refractivity contribution in [2.24, 2.45) is 28.1 Å². The molecule has 0 aliphatic heterocycles. The number of hydrogen-bond donors (Lipinski definition) is 0. The molecule has 0 radical (unpaired) electrons. The summed E-state index contributed by atoms with van der Waals surface area (Å²) < 4.78 is 24.8. The molecule has 0 heterocycles. The van der Waals surface area contributed by atoms with Crippen molar-refractivity contribution in [1.82, 2.24) is 0 Å². The number of benzene rings is 2. The minimum absolute atomic E-state index is 0.113. The second kappa shape index (κ2) is 13.0. The molecule has 3 fully saturated rings. The van der Waals surface area contributed by atoms with E-state index in [-0.39, 0.29) is 48.1 Å². The summed E-state index contributed by atoms with van der Waals surface area (Å²) in [7, 11) is 0. The summed E-state index contributed by atoms with van der Waals surface area (Å²) in [5.74, 6) is -0.0154. The molecule has 0 aromatic heterocycles. The molecule has 42 heavy (non-hydrogen) atoms. The first-order valence-electron chi connectivity index (χ1n) is 15.8. The number of carbonyl (C=O) groups is 2. The SMILES string of the molecule is CC[C@]1(C)C[C@@H](OC(=O)COCc2ccccc2)[C@]2(C)CCC[C@]3(CCC(=O)C32)[C@H](C)[C@@H]1OCOCc1ccccc1. The minimum Gasteiger partial charge on any atom is -0.460 e. The molecule has 7 atom stereocenters. The van der Waals surface area contributed by atoms with Crippen LogP contribution < -0.4 is 0 Å². The van der Waals surface area contributed by atoms with E-state index in [1.54, 1.807) is 0 Å². The van der Waals surface area contributed by atoms with Gasteiger partial charge in [-0.3, -0.25) is 4.79 Å². The van der Waals surface area contributed by atoms with Crippen LogP contribution in [-0.4, -0.2) is 37.4 Å². The average Bonchev–Trinajstić information content (AvgIpc) is 3.36. The van der Waals surface area contributed by atoms with E-state index in [9.17, 15) is 9.59 Å². The van der Waals surface area contributed by atoms with Gasteiger partial charge in [0.25, 0.3) is 0 Å².